The first-order chi connectivity index (χ1) is 16.0. The topological polar surface area (TPSA) is 36.0 Å². The number of unbranched alkanes of at least 4 members (excludes halogenated alkanes) is 2. The third-order valence-corrected chi connectivity index (χ3v) is 7.04. The van der Waals surface area contributed by atoms with E-state index in [4.69, 9.17) is 4.74 Å². The van der Waals surface area contributed by atoms with Gasteiger partial charge in [0.1, 0.15) is 11.6 Å². The monoisotopic (exact) mass is 453 g/mol. The molecule has 2 aromatic carbocycles. The van der Waals surface area contributed by atoms with Crippen molar-refractivity contribution in [2.75, 3.05) is 26.7 Å². The molecule has 0 bridgehead atoms. The Hall–Kier alpha value is -2.44. The average molecular weight is 454 g/mol. The zero-order valence-electron chi connectivity index (χ0n) is 19.9. The van der Waals surface area contributed by atoms with E-state index in [1.165, 1.54) is 25.0 Å². The first-order valence-corrected chi connectivity index (χ1v) is 12.2. The molecule has 1 amide bonds. The second-order valence-corrected chi connectivity index (χ2v) is 9.54. The van der Waals surface area contributed by atoms with Gasteiger partial charge in [-0.25, -0.2) is 9.40 Å². The van der Waals surface area contributed by atoms with Crippen LogP contribution in [0.1, 0.15) is 56.6 Å². The number of piperidine rings is 1. The van der Waals surface area contributed by atoms with Crippen molar-refractivity contribution in [1.82, 2.24) is 14.9 Å². The Balaban J connectivity index is 1.49. The summed E-state index contributed by atoms with van der Waals surface area (Å²) in [6.45, 7) is 6.02. The number of likely N-dealkylation sites (tertiary alicyclic amines) is 1. The molecule has 2 aromatic rings. The Morgan fingerprint density at radius 1 is 0.939 bits per heavy atom. The Bertz CT molecular complexity index is 908. The quantitative estimate of drug-likeness (QED) is 0.500. The maximum Gasteiger partial charge on any atom is 0.239 e. The van der Waals surface area contributed by atoms with E-state index in [9.17, 15) is 9.18 Å². The molecule has 33 heavy (non-hydrogen) atoms. The van der Waals surface area contributed by atoms with Crippen LogP contribution in [0, 0.1) is 5.82 Å². The third-order valence-electron chi connectivity index (χ3n) is 7.04. The number of carbonyl (C=O) groups excluding carboxylic acids is 1. The molecule has 0 atom stereocenters. The van der Waals surface area contributed by atoms with Crippen LogP contribution in [0.3, 0.4) is 0 Å². The fourth-order valence-corrected chi connectivity index (χ4v) is 4.92. The molecule has 0 N–H and O–H groups in total. The molecular formula is C27H36FN3O2. The zero-order chi connectivity index (χ0) is 23.3. The highest BCUT2D eigenvalue weighted by atomic mass is 19.1. The molecule has 6 heteroatoms. The van der Waals surface area contributed by atoms with Crippen LogP contribution in [-0.4, -0.2) is 53.1 Å². The van der Waals surface area contributed by atoms with Gasteiger partial charge in [-0.15, -0.1) is 0 Å². The minimum absolute atomic E-state index is 0.166. The lowest BCUT2D eigenvalue weighted by Crippen LogP contribution is -2.54. The molecule has 2 saturated heterocycles. The highest BCUT2D eigenvalue weighted by molar-refractivity contribution is 5.79. The van der Waals surface area contributed by atoms with E-state index in [-0.39, 0.29) is 17.3 Å². The Morgan fingerprint density at radius 2 is 1.58 bits per heavy atom. The lowest BCUT2D eigenvalue weighted by Gasteiger charge is -2.45. The van der Waals surface area contributed by atoms with Crippen molar-refractivity contribution in [3.05, 3.63) is 65.5 Å². The van der Waals surface area contributed by atoms with Gasteiger partial charge in [-0.2, -0.15) is 0 Å². The van der Waals surface area contributed by atoms with Gasteiger partial charge in [0.25, 0.3) is 0 Å². The van der Waals surface area contributed by atoms with Crippen LogP contribution in [-0.2, 0) is 17.9 Å². The van der Waals surface area contributed by atoms with Gasteiger partial charge < -0.3 is 9.64 Å². The van der Waals surface area contributed by atoms with Gasteiger partial charge in [0.15, 0.2) is 0 Å². The van der Waals surface area contributed by atoms with Crippen LogP contribution in [0.15, 0.2) is 48.5 Å². The van der Waals surface area contributed by atoms with E-state index in [1.54, 1.807) is 0 Å². The highest BCUT2D eigenvalue weighted by Gasteiger charge is 2.50. The molecule has 0 aromatic heterocycles. The predicted octanol–water partition coefficient (Wildman–Crippen LogP) is 5.01. The summed E-state index contributed by atoms with van der Waals surface area (Å²) in [5.74, 6) is 0.804. The molecule has 0 radical (unpaired) electrons. The number of ether oxygens (including phenoxy) is 1. The lowest BCUT2D eigenvalue weighted by molar-refractivity contribution is -0.145. The molecule has 0 aliphatic carbocycles. The molecule has 2 fully saturated rings. The first-order valence-electron chi connectivity index (χ1n) is 12.2. The fourth-order valence-electron chi connectivity index (χ4n) is 4.92. The number of amides is 1. The largest absolute Gasteiger partial charge is 0.494 e. The van der Waals surface area contributed by atoms with Gasteiger partial charge in [-0.3, -0.25) is 9.80 Å². The van der Waals surface area contributed by atoms with Crippen LogP contribution in [0.25, 0.3) is 0 Å². The summed E-state index contributed by atoms with van der Waals surface area (Å²) < 4.78 is 19.3. The number of hydrazine groups is 1. The van der Waals surface area contributed by atoms with Gasteiger partial charge in [-0.05, 0) is 74.8 Å². The maximum atomic E-state index is 13.5. The predicted molar refractivity (Wildman–Crippen MR) is 128 cm³/mol. The minimum atomic E-state index is -0.237. The number of halogens is 1. The molecule has 4 rings (SSSR count). The highest BCUT2D eigenvalue weighted by Crippen LogP contribution is 2.41. The standard InChI is InChI=1S/C27H36FN3O2/c1-3-4-5-18-33-25-12-8-22(9-13-25)20-30-26(32)19-27(14-16-29(2)17-15-27)31(30)21-23-6-10-24(28)11-7-23/h6-13H,3-5,14-21H2,1-2H3. The molecule has 2 heterocycles. The van der Waals surface area contributed by atoms with Gasteiger partial charge in [0, 0.05) is 13.0 Å². The van der Waals surface area contributed by atoms with Crippen molar-refractivity contribution in [3.8, 4) is 5.75 Å². The molecule has 5 nitrogen and oxygen atoms in total. The van der Waals surface area contributed by atoms with Crippen LogP contribution in [0.2, 0.25) is 0 Å². The van der Waals surface area contributed by atoms with E-state index in [2.05, 4.69) is 36.0 Å². The van der Waals surface area contributed by atoms with E-state index >= 15 is 0 Å². The number of nitrogens with zero attached hydrogens (tertiary/aromatic N) is 3. The summed E-state index contributed by atoms with van der Waals surface area (Å²) in [7, 11) is 2.14. The zero-order valence-corrected chi connectivity index (χ0v) is 19.9. The van der Waals surface area contributed by atoms with Crippen LogP contribution >= 0.6 is 0 Å². The van der Waals surface area contributed by atoms with Gasteiger partial charge in [0.2, 0.25) is 5.91 Å². The van der Waals surface area contributed by atoms with Crippen molar-refractivity contribution in [2.24, 2.45) is 0 Å². The average Bonchev–Trinajstić information content (AvgIpc) is 3.06. The summed E-state index contributed by atoms with van der Waals surface area (Å²) in [5.41, 5.74) is 1.93. The van der Waals surface area contributed by atoms with Gasteiger partial charge >= 0.3 is 0 Å². The molecule has 1 spiro atoms. The van der Waals surface area contributed by atoms with E-state index in [0.29, 0.717) is 19.5 Å². The summed E-state index contributed by atoms with van der Waals surface area (Å²) in [5, 5.41) is 4.19. The number of carbonyl (C=O) groups is 1. The van der Waals surface area contributed by atoms with Crippen LogP contribution in [0.5, 0.6) is 5.75 Å². The number of hydrogen-bond acceptors (Lipinski definition) is 4. The Morgan fingerprint density at radius 3 is 2.24 bits per heavy atom. The lowest BCUT2D eigenvalue weighted by atomic mass is 9.84. The molecule has 0 unspecified atom stereocenters. The summed E-state index contributed by atoms with van der Waals surface area (Å²) >= 11 is 0. The van der Waals surface area contributed by atoms with Crippen molar-refractivity contribution >= 4 is 5.91 Å². The summed E-state index contributed by atoms with van der Waals surface area (Å²) in [6, 6.07) is 14.7. The SMILES string of the molecule is CCCCCOc1ccc(CN2C(=O)CC3(CCN(C)CC3)N2Cc2ccc(F)cc2)cc1. The van der Waals surface area contributed by atoms with Gasteiger partial charge in [-0.1, -0.05) is 44.0 Å². The van der Waals surface area contributed by atoms with Crippen LogP contribution < -0.4 is 4.74 Å². The second kappa shape index (κ2) is 10.7. The summed E-state index contributed by atoms with van der Waals surface area (Å²) in [4.78, 5) is 15.6. The molecule has 178 valence electrons. The normalized spacial score (nSPS) is 18.9. The van der Waals surface area contributed by atoms with E-state index < -0.39 is 0 Å². The maximum absolute atomic E-state index is 13.5. The van der Waals surface area contributed by atoms with Gasteiger partial charge in [0.05, 0.1) is 18.7 Å². The Kier molecular flexibility index (Phi) is 7.66. The Labute approximate surface area is 197 Å². The smallest absolute Gasteiger partial charge is 0.239 e. The van der Waals surface area contributed by atoms with Crippen LogP contribution in [0.4, 0.5) is 4.39 Å². The third kappa shape index (κ3) is 5.74. The van der Waals surface area contributed by atoms with E-state index in [1.807, 2.05) is 29.3 Å². The molecule has 2 aliphatic heterocycles. The second-order valence-electron chi connectivity index (χ2n) is 9.54. The van der Waals surface area contributed by atoms with Crippen molar-refractivity contribution in [2.45, 2.75) is 64.1 Å². The molecule has 0 saturated carbocycles. The van der Waals surface area contributed by atoms with Crippen molar-refractivity contribution < 1.29 is 13.9 Å². The summed E-state index contributed by atoms with van der Waals surface area (Å²) in [6.07, 6.45) is 5.88. The minimum Gasteiger partial charge on any atom is -0.494 e. The van der Waals surface area contributed by atoms with Crippen molar-refractivity contribution in [1.29, 1.82) is 0 Å². The van der Waals surface area contributed by atoms with Crippen molar-refractivity contribution in [3.63, 3.8) is 0 Å². The molecular weight excluding hydrogens is 417 g/mol. The fraction of sp³-hybridized carbons (Fsp3) is 0.519. The number of hydrogen-bond donors (Lipinski definition) is 0. The first kappa shape index (κ1) is 23.7. The van der Waals surface area contributed by atoms with E-state index in [0.717, 1.165) is 55.8 Å². The molecule has 2 aliphatic rings. The number of rotatable bonds is 9. The number of benzene rings is 2.